The minimum Gasteiger partial charge on any atom is -0.454 e. The van der Waals surface area contributed by atoms with E-state index in [0.717, 1.165) is 39.1 Å². The second-order valence-electron chi connectivity index (χ2n) is 6.35. The molecule has 0 amide bonds. The maximum absolute atomic E-state index is 5.91. The first-order chi connectivity index (χ1) is 11.7. The van der Waals surface area contributed by atoms with E-state index in [-0.39, 0.29) is 6.79 Å². The highest BCUT2D eigenvalue weighted by Crippen LogP contribution is 2.38. The molecule has 0 aliphatic carbocycles. The van der Waals surface area contributed by atoms with E-state index in [1.54, 1.807) is 0 Å². The summed E-state index contributed by atoms with van der Waals surface area (Å²) in [5, 5.41) is 2.28. The largest absolute Gasteiger partial charge is 0.454 e. The van der Waals surface area contributed by atoms with Gasteiger partial charge in [-0.2, -0.15) is 0 Å². The highest BCUT2D eigenvalue weighted by Gasteiger charge is 2.16. The van der Waals surface area contributed by atoms with E-state index in [2.05, 4.69) is 37.0 Å². The minimum atomic E-state index is 0.279. The van der Waals surface area contributed by atoms with Gasteiger partial charge < -0.3 is 15.2 Å². The first-order valence-electron chi connectivity index (χ1n) is 8.19. The Morgan fingerprint density at radius 3 is 2.67 bits per heavy atom. The van der Waals surface area contributed by atoms with Crippen molar-refractivity contribution in [3.8, 4) is 22.6 Å². The molecule has 2 N–H and O–H groups in total. The molecular weight excluding hydrogens is 300 g/mol. The molecule has 1 aromatic heterocycles. The van der Waals surface area contributed by atoms with Gasteiger partial charge in [-0.3, -0.25) is 4.98 Å². The van der Waals surface area contributed by atoms with Crippen molar-refractivity contribution in [1.29, 1.82) is 0 Å². The van der Waals surface area contributed by atoms with Crippen LogP contribution in [0, 0.1) is 0 Å². The first kappa shape index (κ1) is 15.0. The topological polar surface area (TPSA) is 57.4 Å². The fourth-order valence-electron chi connectivity index (χ4n) is 3.13. The third kappa shape index (κ3) is 2.39. The quantitative estimate of drug-likeness (QED) is 0.785. The Bertz CT molecular complexity index is 919. The van der Waals surface area contributed by atoms with Gasteiger partial charge in [0.25, 0.3) is 0 Å². The summed E-state index contributed by atoms with van der Waals surface area (Å²) in [6.45, 7) is 5.10. The SMILES string of the molecule is CC(C)c1ccc2c(-c3ccc4c(c3)OCO4)cnc(CN)c2c1. The zero-order valence-electron chi connectivity index (χ0n) is 13.9. The van der Waals surface area contributed by atoms with E-state index in [4.69, 9.17) is 15.2 Å². The highest BCUT2D eigenvalue weighted by atomic mass is 16.7. The van der Waals surface area contributed by atoms with E-state index in [0.29, 0.717) is 12.5 Å². The Labute approximate surface area is 141 Å². The number of nitrogens with two attached hydrogens (primary N) is 1. The number of ether oxygens (including phenoxy) is 2. The third-order valence-electron chi connectivity index (χ3n) is 4.54. The summed E-state index contributed by atoms with van der Waals surface area (Å²) in [4.78, 5) is 4.60. The molecule has 0 spiro atoms. The molecule has 122 valence electrons. The van der Waals surface area contributed by atoms with Crippen molar-refractivity contribution in [3.63, 3.8) is 0 Å². The molecule has 0 fully saturated rings. The Kier molecular flexibility index (Phi) is 3.62. The van der Waals surface area contributed by atoms with Gasteiger partial charge in [0.1, 0.15) is 0 Å². The van der Waals surface area contributed by atoms with Crippen LogP contribution in [-0.4, -0.2) is 11.8 Å². The normalized spacial score (nSPS) is 13.0. The van der Waals surface area contributed by atoms with Crippen LogP contribution in [0.1, 0.15) is 31.0 Å². The summed E-state index contributed by atoms with van der Waals surface area (Å²) in [6, 6.07) is 12.6. The molecular formula is C20H20N2O2. The van der Waals surface area contributed by atoms with Crippen LogP contribution < -0.4 is 15.2 Å². The van der Waals surface area contributed by atoms with Crippen LogP contribution in [0.3, 0.4) is 0 Å². The summed E-state index contributed by atoms with van der Waals surface area (Å²) in [6.07, 6.45) is 1.90. The molecule has 4 nitrogen and oxygen atoms in total. The zero-order chi connectivity index (χ0) is 16.7. The second-order valence-corrected chi connectivity index (χ2v) is 6.35. The lowest BCUT2D eigenvalue weighted by molar-refractivity contribution is 0.174. The monoisotopic (exact) mass is 320 g/mol. The molecule has 4 rings (SSSR count). The molecule has 0 saturated heterocycles. The van der Waals surface area contributed by atoms with Gasteiger partial charge in [0.15, 0.2) is 11.5 Å². The lowest BCUT2D eigenvalue weighted by atomic mass is 9.94. The van der Waals surface area contributed by atoms with Crippen LogP contribution in [0.2, 0.25) is 0 Å². The van der Waals surface area contributed by atoms with Gasteiger partial charge in [0, 0.05) is 23.7 Å². The molecule has 3 aromatic rings. The van der Waals surface area contributed by atoms with Gasteiger partial charge >= 0.3 is 0 Å². The number of pyridine rings is 1. The van der Waals surface area contributed by atoms with Crippen LogP contribution in [0.5, 0.6) is 11.5 Å². The summed E-state index contributed by atoms with van der Waals surface area (Å²) in [7, 11) is 0. The summed E-state index contributed by atoms with van der Waals surface area (Å²) in [5.41, 5.74) is 10.3. The number of hydrogen-bond donors (Lipinski definition) is 1. The minimum absolute atomic E-state index is 0.279. The zero-order valence-corrected chi connectivity index (χ0v) is 13.9. The van der Waals surface area contributed by atoms with Crippen LogP contribution in [-0.2, 0) is 6.54 Å². The number of benzene rings is 2. The van der Waals surface area contributed by atoms with Gasteiger partial charge in [0.05, 0.1) is 5.69 Å². The Balaban J connectivity index is 1.93. The molecule has 0 radical (unpaired) electrons. The van der Waals surface area contributed by atoms with E-state index in [1.807, 2.05) is 24.4 Å². The molecule has 1 aliphatic rings. The lowest BCUT2D eigenvalue weighted by Gasteiger charge is -2.13. The Morgan fingerprint density at radius 1 is 1.04 bits per heavy atom. The summed E-state index contributed by atoms with van der Waals surface area (Å²) >= 11 is 0. The van der Waals surface area contributed by atoms with Crippen molar-refractivity contribution >= 4 is 10.8 Å². The molecule has 4 heteroatoms. The van der Waals surface area contributed by atoms with Crippen LogP contribution in [0.25, 0.3) is 21.9 Å². The van der Waals surface area contributed by atoms with Crippen molar-refractivity contribution in [2.75, 3.05) is 6.79 Å². The summed E-state index contributed by atoms with van der Waals surface area (Å²) < 4.78 is 10.9. The molecule has 2 heterocycles. The standard InChI is InChI=1S/C20H20N2O2/c1-12(2)13-3-5-15-16(7-13)18(9-21)22-10-17(15)14-4-6-19-20(8-14)24-11-23-19/h3-8,10,12H,9,11,21H2,1-2H3. The van der Waals surface area contributed by atoms with Crippen molar-refractivity contribution in [2.24, 2.45) is 5.73 Å². The van der Waals surface area contributed by atoms with Gasteiger partial charge in [-0.25, -0.2) is 0 Å². The van der Waals surface area contributed by atoms with Crippen LogP contribution >= 0.6 is 0 Å². The fourth-order valence-corrected chi connectivity index (χ4v) is 3.13. The number of fused-ring (bicyclic) bond motifs is 2. The van der Waals surface area contributed by atoms with Crippen LogP contribution in [0.4, 0.5) is 0 Å². The van der Waals surface area contributed by atoms with E-state index < -0.39 is 0 Å². The van der Waals surface area contributed by atoms with Crippen molar-refractivity contribution < 1.29 is 9.47 Å². The lowest BCUT2D eigenvalue weighted by Crippen LogP contribution is -2.02. The molecule has 0 unspecified atom stereocenters. The van der Waals surface area contributed by atoms with Crippen molar-refractivity contribution in [3.05, 3.63) is 53.9 Å². The maximum atomic E-state index is 5.91. The second kappa shape index (κ2) is 5.80. The number of nitrogens with zero attached hydrogens (tertiary/aromatic N) is 1. The van der Waals surface area contributed by atoms with Crippen molar-refractivity contribution in [2.45, 2.75) is 26.3 Å². The smallest absolute Gasteiger partial charge is 0.231 e. The maximum Gasteiger partial charge on any atom is 0.231 e. The number of hydrogen-bond acceptors (Lipinski definition) is 4. The fraction of sp³-hybridized carbons (Fsp3) is 0.250. The first-order valence-corrected chi connectivity index (χ1v) is 8.19. The molecule has 1 aliphatic heterocycles. The average molecular weight is 320 g/mol. The van der Waals surface area contributed by atoms with Crippen LogP contribution in [0.15, 0.2) is 42.6 Å². The van der Waals surface area contributed by atoms with E-state index in [9.17, 15) is 0 Å². The molecule has 0 saturated carbocycles. The average Bonchev–Trinajstić information content (AvgIpc) is 3.07. The number of rotatable bonds is 3. The predicted octanol–water partition coefficient (Wildman–Crippen LogP) is 4.21. The van der Waals surface area contributed by atoms with Gasteiger partial charge in [-0.15, -0.1) is 0 Å². The molecule has 0 atom stereocenters. The van der Waals surface area contributed by atoms with Gasteiger partial charge in [0.2, 0.25) is 6.79 Å². The van der Waals surface area contributed by atoms with Crippen molar-refractivity contribution in [1.82, 2.24) is 4.98 Å². The Morgan fingerprint density at radius 2 is 1.88 bits per heavy atom. The predicted molar refractivity (Wildman–Crippen MR) is 95.3 cm³/mol. The van der Waals surface area contributed by atoms with E-state index in [1.165, 1.54) is 5.56 Å². The van der Waals surface area contributed by atoms with E-state index >= 15 is 0 Å². The number of aromatic nitrogens is 1. The molecule has 2 aromatic carbocycles. The molecule has 0 bridgehead atoms. The molecule has 24 heavy (non-hydrogen) atoms. The summed E-state index contributed by atoms with van der Waals surface area (Å²) in [5.74, 6) is 2.04. The highest BCUT2D eigenvalue weighted by molar-refractivity contribution is 5.98. The third-order valence-corrected chi connectivity index (χ3v) is 4.54. The van der Waals surface area contributed by atoms with Gasteiger partial charge in [-0.1, -0.05) is 32.0 Å². The Hall–Kier alpha value is -2.59. The van der Waals surface area contributed by atoms with Gasteiger partial charge in [-0.05, 0) is 40.6 Å².